The standard InChI is InChI=1S/C22H18N4/c1-2-4-17-16(3-1)20-18-7-8-24-22(18)25-12-19(20)26-21(17)13-5-6-14-10-23-11-15(14)9-13/h5-9,11-12,26H,1-4,10H2. The maximum absolute atomic E-state index is 4.55. The molecule has 126 valence electrons. The second-order valence-electron chi connectivity index (χ2n) is 7.28. The van der Waals surface area contributed by atoms with E-state index >= 15 is 0 Å². The molecule has 4 heterocycles. The fourth-order valence-electron chi connectivity index (χ4n) is 4.55. The average Bonchev–Trinajstić information content (AvgIpc) is 3.35. The minimum atomic E-state index is 0.807. The van der Waals surface area contributed by atoms with Crippen molar-refractivity contribution in [2.75, 3.05) is 0 Å². The Morgan fingerprint density at radius 2 is 1.88 bits per heavy atom. The van der Waals surface area contributed by atoms with Gasteiger partial charge in [0.05, 0.1) is 18.3 Å². The van der Waals surface area contributed by atoms with Crippen molar-refractivity contribution in [3.63, 3.8) is 0 Å². The quantitative estimate of drug-likeness (QED) is 0.552. The highest BCUT2D eigenvalue weighted by Gasteiger charge is 2.21. The molecule has 1 aromatic carbocycles. The maximum atomic E-state index is 4.55. The summed E-state index contributed by atoms with van der Waals surface area (Å²) in [7, 11) is 0. The highest BCUT2D eigenvalue weighted by molar-refractivity contribution is 6.06. The largest absolute Gasteiger partial charge is 0.353 e. The van der Waals surface area contributed by atoms with Gasteiger partial charge in [0.25, 0.3) is 0 Å². The summed E-state index contributed by atoms with van der Waals surface area (Å²) in [4.78, 5) is 17.1. The lowest BCUT2D eigenvalue weighted by molar-refractivity contribution is 0.689. The summed E-state index contributed by atoms with van der Waals surface area (Å²) in [5.74, 6) is 0. The predicted octanol–water partition coefficient (Wildman–Crippen LogP) is 4.59. The second kappa shape index (κ2) is 5.24. The number of nitrogens with one attached hydrogen (secondary N) is 1. The molecule has 3 aromatic heterocycles. The molecule has 0 atom stereocenters. The van der Waals surface area contributed by atoms with Crippen LogP contribution in [-0.4, -0.2) is 21.2 Å². The Morgan fingerprint density at radius 3 is 2.85 bits per heavy atom. The molecule has 0 bridgehead atoms. The van der Waals surface area contributed by atoms with Crippen LogP contribution in [0.5, 0.6) is 0 Å². The molecule has 4 nitrogen and oxygen atoms in total. The molecule has 1 N–H and O–H groups in total. The van der Waals surface area contributed by atoms with Gasteiger partial charge in [-0.2, -0.15) is 0 Å². The van der Waals surface area contributed by atoms with Crippen molar-refractivity contribution in [3.05, 3.63) is 58.9 Å². The van der Waals surface area contributed by atoms with E-state index in [-0.39, 0.29) is 0 Å². The lowest BCUT2D eigenvalue weighted by atomic mass is 9.85. The molecule has 0 amide bonds. The van der Waals surface area contributed by atoms with E-state index in [2.05, 4.69) is 44.2 Å². The number of H-pyrrole nitrogens is 1. The molecule has 1 aliphatic carbocycles. The van der Waals surface area contributed by atoms with Gasteiger partial charge in [-0.15, -0.1) is 0 Å². The van der Waals surface area contributed by atoms with Crippen LogP contribution in [0.2, 0.25) is 0 Å². The molecule has 2 aliphatic rings. The SMILES string of the molecule is C1=NCc2ccc(-c3[nH]c4cnc5nccc5c4c4c3CCCC4)cc21. The summed E-state index contributed by atoms with van der Waals surface area (Å²) < 4.78 is 0. The molecule has 6 rings (SSSR count). The van der Waals surface area contributed by atoms with Gasteiger partial charge in [-0.3, -0.25) is 4.99 Å². The molecule has 0 saturated carbocycles. The van der Waals surface area contributed by atoms with Crippen LogP contribution in [0.4, 0.5) is 0 Å². The summed E-state index contributed by atoms with van der Waals surface area (Å²) >= 11 is 0. The summed E-state index contributed by atoms with van der Waals surface area (Å²) in [5.41, 5.74) is 9.95. The lowest BCUT2D eigenvalue weighted by Gasteiger charge is -2.23. The average molecular weight is 338 g/mol. The van der Waals surface area contributed by atoms with Crippen molar-refractivity contribution >= 4 is 28.2 Å². The van der Waals surface area contributed by atoms with Crippen LogP contribution in [0.15, 0.2) is 41.7 Å². The number of nitrogens with zero attached hydrogens (tertiary/aromatic N) is 3. The molecule has 0 unspecified atom stereocenters. The second-order valence-corrected chi connectivity index (χ2v) is 7.28. The fourth-order valence-corrected chi connectivity index (χ4v) is 4.55. The number of hydrogen-bond donors (Lipinski definition) is 1. The molecule has 1 aliphatic heterocycles. The number of aryl methyl sites for hydroxylation is 1. The topological polar surface area (TPSA) is 53.9 Å². The Bertz CT molecular complexity index is 1220. The van der Waals surface area contributed by atoms with Gasteiger partial charge < -0.3 is 4.98 Å². The predicted molar refractivity (Wildman–Crippen MR) is 105 cm³/mol. The molecule has 0 radical (unpaired) electrons. The Morgan fingerprint density at radius 1 is 0.962 bits per heavy atom. The molecule has 4 aromatic rings. The van der Waals surface area contributed by atoms with Gasteiger partial charge in [0.1, 0.15) is 0 Å². The van der Waals surface area contributed by atoms with Gasteiger partial charge in [0, 0.05) is 28.9 Å². The van der Waals surface area contributed by atoms with E-state index in [1.807, 2.05) is 18.6 Å². The number of aliphatic imine (C=N–C) groups is 1. The summed E-state index contributed by atoms with van der Waals surface area (Å²) in [6.07, 6.45) is 10.6. The number of aromatic amines is 1. The molecule has 0 saturated heterocycles. The molecular weight excluding hydrogens is 320 g/mol. The molecule has 4 heteroatoms. The van der Waals surface area contributed by atoms with Crippen LogP contribution in [0.1, 0.15) is 35.1 Å². The number of fused-ring (bicyclic) bond motifs is 6. The third-order valence-corrected chi connectivity index (χ3v) is 5.79. The van der Waals surface area contributed by atoms with Crippen molar-refractivity contribution in [2.24, 2.45) is 4.99 Å². The number of hydrogen-bond acceptors (Lipinski definition) is 3. The van der Waals surface area contributed by atoms with Crippen molar-refractivity contribution in [1.82, 2.24) is 15.0 Å². The zero-order chi connectivity index (χ0) is 17.1. The third kappa shape index (κ3) is 1.93. The monoisotopic (exact) mass is 338 g/mol. The van der Waals surface area contributed by atoms with E-state index in [1.54, 1.807) is 0 Å². The smallest absolute Gasteiger partial charge is 0.159 e. The third-order valence-electron chi connectivity index (χ3n) is 5.79. The van der Waals surface area contributed by atoms with Crippen LogP contribution in [-0.2, 0) is 19.4 Å². The molecule has 0 fully saturated rings. The van der Waals surface area contributed by atoms with Gasteiger partial charge in [-0.25, -0.2) is 9.97 Å². The Balaban J connectivity index is 1.69. The van der Waals surface area contributed by atoms with Crippen LogP contribution in [0.25, 0.3) is 33.2 Å². The minimum Gasteiger partial charge on any atom is -0.353 e. The number of rotatable bonds is 1. The molecule has 26 heavy (non-hydrogen) atoms. The van der Waals surface area contributed by atoms with Gasteiger partial charge in [-0.1, -0.05) is 12.1 Å². The maximum Gasteiger partial charge on any atom is 0.159 e. The highest BCUT2D eigenvalue weighted by Crippen LogP contribution is 2.38. The van der Waals surface area contributed by atoms with Gasteiger partial charge in [0.15, 0.2) is 5.65 Å². The van der Waals surface area contributed by atoms with Crippen molar-refractivity contribution in [1.29, 1.82) is 0 Å². The van der Waals surface area contributed by atoms with E-state index in [4.69, 9.17) is 0 Å². The van der Waals surface area contributed by atoms with Crippen molar-refractivity contribution in [2.45, 2.75) is 32.2 Å². The summed E-state index contributed by atoms with van der Waals surface area (Å²) in [6, 6.07) is 8.82. The zero-order valence-electron chi connectivity index (χ0n) is 14.4. The number of aromatic nitrogens is 3. The number of benzene rings is 1. The van der Waals surface area contributed by atoms with Crippen molar-refractivity contribution in [3.8, 4) is 11.3 Å². The molecule has 0 spiro atoms. The van der Waals surface area contributed by atoms with E-state index in [0.29, 0.717) is 0 Å². The first-order valence-electron chi connectivity index (χ1n) is 9.29. The van der Waals surface area contributed by atoms with E-state index in [0.717, 1.165) is 30.6 Å². The van der Waals surface area contributed by atoms with E-state index in [1.165, 1.54) is 57.1 Å². The van der Waals surface area contributed by atoms with Crippen LogP contribution < -0.4 is 0 Å². The zero-order valence-corrected chi connectivity index (χ0v) is 14.4. The minimum absolute atomic E-state index is 0.807. The lowest BCUT2D eigenvalue weighted by Crippen LogP contribution is -2.08. The first-order chi connectivity index (χ1) is 12.9. The first kappa shape index (κ1) is 14.2. The normalized spacial score (nSPS) is 15.5. The highest BCUT2D eigenvalue weighted by atomic mass is 14.9. The Kier molecular flexibility index (Phi) is 2.86. The number of pyridine rings is 2. The fraction of sp³-hybridized carbons (Fsp3) is 0.227. The molecular formula is C22H18N4. The summed E-state index contributed by atoms with van der Waals surface area (Å²) in [5, 5.41) is 2.48. The van der Waals surface area contributed by atoms with Crippen LogP contribution in [0, 0.1) is 0 Å². The van der Waals surface area contributed by atoms with E-state index in [9.17, 15) is 0 Å². The van der Waals surface area contributed by atoms with Gasteiger partial charge in [-0.05, 0) is 65.6 Å². The Labute approximate surface area is 151 Å². The van der Waals surface area contributed by atoms with Gasteiger partial charge in [0.2, 0.25) is 0 Å². The van der Waals surface area contributed by atoms with Crippen LogP contribution >= 0.6 is 0 Å². The van der Waals surface area contributed by atoms with Gasteiger partial charge >= 0.3 is 0 Å². The summed E-state index contributed by atoms with van der Waals surface area (Å²) in [6.45, 7) is 0.807. The van der Waals surface area contributed by atoms with Crippen LogP contribution in [0.3, 0.4) is 0 Å². The van der Waals surface area contributed by atoms with Crippen molar-refractivity contribution < 1.29 is 0 Å². The Hall–Kier alpha value is -3.01. The van der Waals surface area contributed by atoms with E-state index < -0.39 is 0 Å². The first-order valence-corrected chi connectivity index (χ1v) is 9.29.